The standard InChI is InChI=1S/C17H23N2O5P/c1-5-23-25(20,24-6-2)12-13-7-9-14(10-8-13)17-18-15(21-3)11-16(19-17)22-4/h7-11H,5-6,12H2,1-4H3. The summed E-state index contributed by atoms with van der Waals surface area (Å²) >= 11 is 0. The summed E-state index contributed by atoms with van der Waals surface area (Å²) in [4.78, 5) is 8.63. The van der Waals surface area contributed by atoms with Gasteiger partial charge in [-0.15, -0.1) is 0 Å². The molecule has 0 unspecified atom stereocenters. The van der Waals surface area contributed by atoms with Crippen LogP contribution in [0.15, 0.2) is 30.3 Å². The van der Waals surface area contributed by atoms with Crippen molar-refractivity contribution < 1.29 is 23.1 Å². The van der Waals surface area contributed by atoms with Gasteiger partial charge in [-0.3, -0.25) is 4.57 Å². The van der Waals surface area contributed by atoms with Crippen LogP contribution >= 0.6 is 7.60 Å². The van der Waals surface area contributed by atoms with E-state index in [4.69, 9.17) is 18.5 Å². The molecule has 2 aromatic rings. The fourth-order valence-electron chi connectivity index (χ4n) is 2.25. The molecule has 0 atom stereocenters. The van der Waals surface area contributed by atoms with Gasteiger partial charge in [-0.1, -0.05) is 24.3 Å². The molecule has 0 fully saturated rings. The lowest BCUT2D eigenvalue weighted by atomic mass is 10.1. The second kappa shape index (κ2) is 8.94. The first-order valence-electron chi connectivity index (χ1n) is 7.98. The van der Waals surface area contributed by atoms with Crippen molar-refractivity contribution in [3.8, 4) is 23.1 Å². The maximum atomic E-state index is 12.6. The van der Waals surface area contributed by atoms with Crippen LogP contribution < -0.4 is 9.47 Å². The molecule has 0 amide bonds. The molecule has 0 aliphatic heterocycles. The SMILES string of the molecule is CCOP(=O)(Cc1ccc(-c2nc(OC)cc(OC)n2)cc1)OCC. The third-order valence-electron chi connectivity index (χ3n) is 3.34. The largest absolute Gasteiger partial charge is 0.481 e. The van der Waals surface area contributed by atoms with E-state index in [2.05, 4.69) is 9.97 Å². The Kier molecular flexibility index (Phi) is 6.93. The number of ether oxygens (including phenoxy) is 2. The Morgan fingerprint density at radius 2 is 1.44 bits per heavy atom. The molecular weight excluding hydrogens is 343 g/mol. The highest BCUT2D eigenvalue weighted by atomic mass is 31.2. The molecule has 0 saturated carbocycles. The van der Waals surface area contributed by atoms with Crippen LogP contribution in [0.25, 0.3) is 11.4 Å². The first-order chi connectivity index (χ1) is 12.0. The van der Waals surface area contributed by atoms with Crippen molar-refractivity contribution in [2.75, 3.05) is 27.4 Å². The maximum absolute atomic E-state index is 12.6. The van der Waals surface area contributed by atoms with E-state index in [0.717, 1.165) is 11.1 Å². The molecule has 1 aromatic carbocycles. The van der Waals surface area contributed by atoms with Gasteiger partial charge in [-0.05, 0) is 19.4 Å². The Morgan fingerprint density at radius 3 is 1.88 bits per heavy atom. The van der Waals surface area contributed by atoms with Crippen LogP contribution in [0.5, 0.6) is 11.8 Å². The van der Waals surface area contributed by atoms with Crippen LogP contribution in [-0.4, -0.2) is 37.4 Å². The topological polar surface area (TPSA) is 79.8 Å². The van der Waals surface area contributed by atoms with Crippen LogP contribution in [0.1, 0.15) is 19.4 Å². The maximum Gasteiger partial charge on any atom is 0.335 e. The quantitative estimate of drug-likeness (QED) is 0.622. The summed E-state index contributed by atoms with van der Waals surface area (Å²) in [6.07, 6.45) is 0.219. The molecule has 8 heteroatoms. The van der Waals surface area contributed by atoms with Crippen LogP contribution in [0.2, 0.25) is 0 Å². The smallest absolute Gasteiger partial charge is 0.335 e. The Hall–Kier alpha value is -1.95. The third-order valence-corrected chi connectivity index (χ3v) is 5.39. The lowest BCUT2D eigenvalue weighted by Crippen LogP contribution is -1.99. The van der Waals surface area contributed by atoms with Crippen molar-refractivity contribution in [2.24, 2.45) is 0 Å². The molecular formula is C17H23N2O5P. The lowest BCUT2D eigenvalue weighted by molar-refractivity contribution is 0.219. The molecule has 25 heavy (non-hydrogen) atoms. The Balaban J connectivity index is 2.23. The van der Waals surface area contributed by atoms with Gasteiger partial charge in [-0.2, -0.15) is 9.97 Å². The van der Waals surface area contributed by atoms with Crippen LogP contribution in [0, 0.1) is 0 Å². The fourth-order valence-corrected chi connectivity index (χ4v) is 3.95. The van der Waals surface area contributed by atoms with Gasteiger partial charge < -0.3 is 18.5 Å². The van der Waals surface area contributed by atoms with Crippen LogP contribution in [0.4, 0.5) is 0 Å². The molecule has 7 nitrogen and oxygen atoms in total. The highest BCUT2D eigenvalue weighted by Gasteiger charge is 2.24. The molecule has 0 spiro atoms. The van der Waals surface area contributed by atoms with Gasteiger partial charge in [-0.25, -0.2) is 0 Å². The van der Waals surface area contributed by atoms with E-state index in [-0.39, 0.29) is 6.16 Å². The predicted octanol–water partition coefficient (Wildman–Crippen LogP) is 3.93. The number of hydrogen-bond acceptors (Lipinski definition) is 7. The Labute approximate surface area is 147 Å². The minimum absolute atomic E-state index is 0.219. The molecule has 0 aliphatic carbocycles. The number of nitrogens with zero attached hydrogens (tertiary/aromatic N) is 2. The molecule has 136 valence electrons. The third kappa shape index (κ3) is 5.26. The average Bonchev–Trinajstić information content (AvgIpc) is 2.62. The number of methoxy groups -OCH3 is 2. The van der Waals surface area contributed by atoms with Crippen LogP contribution in [0.3, 0.4) is 0 Å². The van der Waals surface area contributed by atoms with Gasteiger partial charge in [0, 0.05) is 5.56 Å². The van der Waals surface area contributed by atoms with E-state index in [0.29, 0.717) is 30.8 Å². The molecule has 0 aliphatic rings. The zero-order valence-electron chi connectivity index (χ0n) is 14.9. The van der Waals surface area contributed by atoms with Gasteiger partial charge in [0.2, 0.25) is 11.8 Å². The summed E-state index contributed by atoms with van der Waals surface area (Å²) in [5, 5.41) is 0. The van der Waals surface area contributed by atoms with E-state index in [1.54, 1.807) is 19.9 Å². The number of benzene rings is 1. The zero-order valence-corrected chi connectivity index (χ0v) is 15.8. The van der Waals surface area contributed by atoms with Crippen molar-refractivity contribution >= 4 is 7.60 Å². The number of hydrogen-bond donors (Lipinski definition) is 0. The Bertz CT molecular complexity index is 704. The highest BCUT2D eigenvalue weighted by molar-refractivity contribution is 7.53. The van der Waals surface area contributed by atoms with Gasteiger partial charge >= 0.3 is 7.60 Å². The first kappa shape index (κ1) is 19.4. The average molecular weight is 366 g/mol. The normalized spacial score (nSPS) is 11.4. The van der Waals surface area contributed by atoms with Crippen molar-refractivity contribution in [3.05, 3.63) is 35.9 Å². The van der Waals surface area contributed by atoms with Crippen molar-refractivity contribution in [2.45, 2.75) is 20.0 Å². The second-order valence-electron chi connectivity index (χ2n) is 5.08. The number of rotatable bonds is 9. The van der Waals surface area contributed by atoms with Crippen LogP contribution in [-0.2, 0) is 19.8 Å². The van der Waals surface area contributed by atoms with E-state index in [1.165, 1.54) is 14.2 Å². The molecule has 0 N–H and O–H groups in total. The van der Waals surface area contributed by atoms with Gasteiger partial charge in [0.05, 0.1) is 39.7 Å². The monoisotopic (exact) mass is 366 g/mol. The van der Waals surface area contributed by atoms with Crippen molar-refractivity contribution in [1.82, 2.24) is 9.97 Å². The summed E-state index contributed by atoms with van der Waals surface area (Å²) in [7, 11) is -0.0542. The van der Waals surface area contributed by atoms with E-state index in [9.17, 15) is 4.57 Å². The summed E-state index contributed by atoms with van der Waals surface area (Å²) in [5.74, 6) is 1.33. The fraction of sp³-hybridized carbons (Fsp3) is 0.412. The van der Waals surface area contributed by atoms with Gasteiger partial charge in [0.25, 0.3) is 0 Å². The zero-order chi connectivity index (χ0) is 18.3. The highest BCUT2D eigenvalue weighted by Crippen LogP contribution is 2.51. The van der Waals surface area contributed by atoms with E-state index in [1.807, 2.05) is 24.3 Å². The van der Waals surface area contributed by atoms with E-state index < -0.39 is 7.60 Å². The molecule has 1 aromatic heterocycles. The number of aromatic nitrogens is 2. The molecule has 2 rings (SSSR count). The molecule has 0 saturated heterocycles. The van der Waals surface area contributed by atoms with Gasteiger partial charge in [0.1, 0.15) is 0 Å². The predicted molar refractivity (Wildman–Crippen MR) is 95.1 cm³/mol. The van der Waals surface area contributed by atoms with Crippen molar-refractivity contribution in [1.29, 1.82) is 0 Å². The summed E-state index contributed by atoms with van der Waals surface area (Å²) in [6, 6.07) is 9.03. The second-order valence-corrected chi connectivity index (χ2v) is 7.13. The summed E-state index contributed by atoms with van der Waals surface area (Å²) in [5.41, 5.74) is 1.65. The summed E-state index contributed by atoms with van der Waals surface area (Å²) < 4.78 is 33.6. The molecule has 0 bridgehead atoms. The summed E-state index contributed by atoms with van der Waals surface area (Å²) in [6.45, 7) is 4.27. The minimum Gasteiger partial charge on any atom is -0.481 e. The molecule has 1 heterocycles. The lowest BCUT2D eigenvalue weighted by Gasteiger charge is -2.17. The molecule has 0 radical (unpaired) electrons. The van der Waals surface area contributed by atoms with Crippen molar-refractivity contribution in [3.63, 3.8) is 0 Å². The van der Waals surface area contributed by atoms with Gasteiger partial charge in [0.15, 0.2) is 5.82 Å². The minimum atomic E-state index is -3.12. The Morgan fingerprint density at radius 1 is 0.920 bits per heavy atom. The van der Waals surface area contributed by atoms with E-state index >= 15 is 0 Å². The first-order valence-corrected chi connectivity index (χ1v) is 9.70.